The highest BCUT2D eigenvalue weighted by Crippen LogP contribution is 2.37. The number of anilines is 1. The Morgan fingerprint density at radius 3 is 3.00 bits per heavy atom. The Hall–Kier alpha value is -1.05. The highest BCUT2D eigenvalue weighted by Gasteiger charge is 2.29. The van der Waals surface area contributed by atoms with E-state index >= 15 is 0 Å². The first-order valence-corrected chi connectivity index (χ1v) is 4.72. The molecule has 1 aliphatic rings. The van der Waals surface area contributed by atoms with E-state index in [0.29, 0.717) is 6.42 Å². The molecule has 0 bridgehead atoms. The quantitative estimate of drug-likeness (QED) is 0.645. The Morgan fingerprint density at radius 1 is 1.38 bits per heavy atom. The molecule has 2 heteroatoms. The lowest BCUT2D eigenvalue weighted by molar-refractivity contribution is 0.178. The molecule has 1 unspecified atom stereocenters. The van der Waals surface area contributed by atoms with Gasteiger partial charge in [-0.2, -0.15) is 0 Å². The third-order valence-corrected chi connectivity index (χ3v) is 2.63. The minimum atomic E-state index is -1.17. The summed E-state index contributed by atoms with van der Waals surface area (Å²) in [5.74, 6) is 0. The fraction of sp³-hybridized carbons (Fsp3) is 0.455. The molecule has 0 fully saturated rings. The van der Waals surface area contributed by atoms with Gasteiger partial charge in [0.15, 0.2) is 0 Å². The number of hydrogen-bond acceptors (Lipinski definition) is 1. The Labute approximate surface area is 78.0 Å². The largest absolute Gasteiger partial charge is 0.385 e. The van der Waals surface area contributed by atoms with Crippen LogP contribution in [0.3, 0.4) is 0 Å². The molecule has 1 heterocycles. The van der Waals surface area contributed by atoms with Gasteiger partial charge in [-0.1, -0.05) is 18.2 Å². The van der Waals surface area contributed by atoms with Gasteiger partial charge in [-0.05, 0) is 25.8 Å². The van der Waals surface area contributed by atoms with Crippen molar-refractivity contribution in [2.45, 2.75) is 25.4 Å². The second-order valence-electron chi connectivity index (χ2n) is 3.77. The molecule has 1 aromatic carbocycles. The Kier molecular flexibility index (Phi) is 1.98. The number of alkyl halides is 1. The van der Waals surface area contributed by atoms with Crippen LogP contribution in [0.1, 0.15) is 25.3 Å². The van der Waals surface area contributed by atoms with E-state index in [4.69, 9.17) is 0 Å². The molecule has 1 aliphatic heterocycles. The zero-order valence-corrected chi connectivity index (χ0v) is 7.81. The summed E-state index contributed by atoms with van der Waals surface area (Å²) >= 11 is 0. The fourth-order valence-corrected chi connectivity index (χ4v) is 1.87. The predicted octanol–water partition coefficient (Wildman–Crippen LogP) is 3.08. The average molecular weight is 179 g/mol. The first-order chi connectivity index (χ1) is 6.20. The van der Waals surface area contributed by atoms with Crippen LogP contribution in [0.4, 0.5) is 10.1 Å². The van der Waals surface area contributed by atoms with Gasteiger partial charge in [-0.3, -0.25) is 0 Å². The van der Waals surface area contributed by atoms with Crippen molar-refractivity contribution in [3.8, 4) is 0 Å². The first kappa shape index (κ1) is 8.54. The number of rotatable bonds is 0. The van der Waals surface area contributed by atoms with Crippen molar-refractivity contribution >= 4 is 5.69 Å². The van der Waals surface area contributed by atoms with Crippen LogP contribution < -0.4 is 5.32 Å². The van der Waals surface area contributed by atoms with Gasteiger partial charge < -0.3 is 5.32 Å². The molecule has 1 nitrogen and oxygen atoms in total. The zero-order valence-electron chi connectivity index (χ0n) is 7.81. The number of benzene rings is 1. The maximum Gasteiger partial charge on any atom is 0.135 e. The van der Waals surface area contributed by atoms with E-state index in [1.165, 1.54) is 0 Å². The molecule has 0 amide bonds. The molecule has 1 atom stereocenters. The van der Waals surface area contributed by atoms with Crippen molar-refractivity contribution in [2.24, 2.45) is 0 Å². The minimum Gasteiger partial charge on any atom is -0.385 e. The lowest BCUT2D eigenvalue weighted by Gasteiger charge is -2.19. The van der Waals surface area contributed by atoms with E-state index in [2.05, 4.69) is 5.32 Å². The van der Waals surface area contributed by atoms with E-state index < -0.39 is 5.67 Å². The summed E-state index contributed by atoms with van der Waals surface area (Å²) < 4.78 is 14.1. The van der Waals surface area contributed by atoms with E-state index in [9.17, 15) is 4.39 Å². The van der Waals surface area contributed by atoms with Crippen LogP contribution in [0, 0.1) is 0 Å². The van der Waals surface area contributed by atoms with Crippen molar-refractivity contribution in [1.29, 1.82) is 0 Å². The van der Waals surface area contributed by atoms with Crippen LogP contribution in [0.2, 0.25) is 0 Å². The van der Waals surface area contributed by atoms with Crippen molar-refractivity contribution in [1.82, 2.24) is 0 Å². The summed E-state index contributed by atoms with van der Waals surface area (Å²) in [5, 5.41) is 3.24. The summed E-state index contributed by atoms with van der Waals surface area (Å²) in [5.41, 5.74) is 0.581. The summed E-state index contributed by atoms with van der Waals surface area (Å²) in [7, 11) is 0. The normalized spacial score (nSPS) is 27.2. The van der Waals surface area contributed by atoms with E-state index in [1.54, 1.807) is 6.92 Å². The van der Waals surface area contributed by atoms with Gasteiger partial charge in [-0.15, -0.1) is 0 Å². The van der Waals surface area contributed by atoms with Gasteiger partial charge in [0, 0.05) is 17.8 Å². The van der Waals surface area contributed by atoms with Crippen molar-refractivity contribution in [3.05, 3.63) is 29.8 Å². The van der Waals surface area contributed by atoms with E-state index in [0.717, 1.165) is 24.2 Å². The smallest absolute Gasteiger partial charge is 0.135 e. The van der Waals surface area contributed by atoms with E-state index in [-0.39, 0.29) is 0 Å². The lowest BCUT2D eigenvalue weighted by Crippen LogP contribution is -2.13. The summed E-state index contributed by atoms with van der Waals surface area (Å²) in [4.78, 5) is 0. The number of hydrogen-bond donors (Lipinski definition) is 1. The lowest BCUT2D eigenvalue weighted by atomic mass is 9.93. The second kappa shape index (κ2) is 3.02. The summed E-state index contributed by atoms with van der Waals surface area (Å²) in [6, 6.07) is 7.64. The van der Waals surface area contributed by atoms with Gasteiger partial charge >= 0.3 is 0 Å². The highest BCUT2D eigenvalue weighted by molar-refractivity contribution is 5.54. The third kappa shape index (κ3) is 1.53. The highest BCUT2D eigenvalue weighted by atomic mass is 19.1. The maximum atomic E-state index is 14.1. The molecule has 0 aliphatic carbocycles. The summed E-state index contributed by atoms with van der Waals surface area (Å²) in [6.45, 7) is 2.54. The summed E-state index contributed by atoms with van der Waals surface area (Å²) in [6.07, 6.45) is 1.50. The molecule has 1 aromatic rings. The molecule has 0 spiro atoms. The monoisotopic (exact) mass is 179 g/mol. The van der Waals surface area contributed by atoms with Crippen molar-refractivity contribution in [2.75, 3.05) is 11.9 Å². The molecular formula is C11H14FN. The van der Waals surface area contributed by atoms with Crippen molar-refractivity contribution in [3.63, 3.8) is 0 Å². The van der Waals surface area contributed by atoms with Gasteiger partial charge in [0.1, 0.15) is 5.67 Å². The standard InChI is InChI=1S/C11H14FN/c1-11(12)7-4-8-13-10-6-3-2-5-9(10)11/h2-3,5-6,13H,4,7-8H2,1H3. The Bertz CT molecular complexity index is 307. The van der Waals surface area contributed by atoms with Crippen LogP contribution in [0.25, 0.3) is 0 Å². The average Bonchev–Trinajstić information content (AvgIpc) is 2.26. The van der Waals surface area contributed by atoms with E-state index in [1.807, 2.05) is 24.3 Å². The molecule has 13 heavy (non-hydrogen) atoms. The number of fused-ring (bicyclic) bond motifs is 1. The SMILES string of the molecule is CC1(F)CCCNc2ccccc21. The molecule has 0 saturated carbocycles. The molecule has 70 valence electrons. The second-order valence-corrected chi connectivity index (χ2v) is 3.77. The minimum absolute atomic E-state index is 0.608. The molecule has 0 radical (unpaired) electrons. The van der Waals surface area contributed by atoms with Gasteiger partial charge in [-0.25, -0.2) is 4.39 Å². The predicted molar refractivity (Wildman–Crippen MR) is 52.6 cm³/mol. The van der Waals surface area contributed by atoms with Crippen LogP contribution in [0.5, 0.6) is 0 Å². The fourth-order valence-electron chi connectivity index (χ4n) is 1.87. The zero-order chi connectivity index (χ0) is 9.31. The molecular weight excluding hydrogens is 165 g/mol. The molecule has 1 N–H and O–H groups in total. The molecule has 0 saturated heterocycles. The van der Waals surface area contributed by atoms with Gasteiger partial charge in [0.05, 0.1) is 0 Å². The topological polar surface area (TPSA) is 12.0 Å². The third-order valence-electron chi connectivity index (χ3n) is 2.63. The van der Waals surface area contributed by atoms with Gasteiger partial charge in [0.2, 0.25) is 0 Å². The first-order valence-electron chi connectivity index (χ1n) is 4.72. The van der Waals surface area contributed by atoms with Crippen molar-refractivity contribution < 1.29 is 4.39 Å². The molecule has 0 aromatic heterocycles. The number of nitrogens with one attached hydrogen (secondary N) is 1. The maximum absolute atomic E-state index is 14.1. The Balaban J connectivity index is 2.48. The van der Waals surface area contributed by atoms with Gasteiger partial charge in [0.25, 0.3) is 0 Å². The van der Waals surface area contributed by atoms with Crippen LogP contribution in [-0.4, -0.2) is 6.54 Å². The van der Waals surface area contributed by atoms with Crippen LogP contribution >= 0.6 is 0 Å². The number of halogens is 1. The molecule has 2 rings (SSSR count). The Morgan fingerprint density at radius 2 is 2.15 bits per heavy atom. The number of para-hydroxylation sites is 1. The van der Waals surface area contributed by atoms with Crippen LogP contribution in [0.15, 0.2) is 24.3 Å². The van der Waals surface area contributed by atoms with Crippen LogP contribution in [-0.2, 0) is 5.67 Å².